The molecule has 0 spiro atoms. The normalized spacial score (nSPS) is 12.8. The maximum Gasteiger partial charge on any atom is 0.237 e. The van der Waals surface area contributed by atoms with Gasteiger partial charge in [0.1, 0.15) is 0 Å². The highest BCUT2D eigenvalue weighted by Crippen LogP contribution is 2.08. The lowest BCUT2D eigenvalue weighted by Crippen LogP contribution is -2.41. The Bertz CT molecular complexity index is 118. The van der Waals surface area contributed by atoms with Gasteiger partial charge in [-0.15, -0.1) is 0 Å². The van der Waals surface area contributed by atoms with Gasteiger partial charge in [-0.3, -0.25) is 9.80 Å². The summed E-state index contributed by atoms with van der Waals surface area (Å²) in [5, 5.41) is 1.29. The standard InChI is InChI=1S/C6H13IN2O/c1-3-5(7)9(8)6(10)4-2/h5H,3-4,8H2,1-2H3. The van der Waals surface area contributed by atoms with Crippen LogP contribution in [0.1, 0.15) is 26.7 Å². The van der Waals surface area contributed by atoms with Crippen LogP contribution in [0.5, 0.6) is 0 Å². The first-order chi connectivity index (χ1) is 4.63. The van der Waals surface area contributed by atoms with Gasteiger partial charge in [0.15, 0.2) is 0 Å². The molecule has 1 amide bonds. The van der Waals surface area contributed by atoms with Crippen LogP contribution in [0.25, 0.3) is 0 Å². The number of nitrogens with zero attached hydrogens (tertiary/aromatic N) is 1. The predicted octanol–water partition coefficient (Wildman–Crippen LogP) is 1.27. The summed E-state index contributed by atoms with van der Waals surface area (Å²) < 4.78 is 0.130. The van der Waals surface area contributed by atoms with Gasteiger partial charge in [-0.1, -0.05) is 36.4 Å². The van der Waals surface area contributed by atoms with Crippen molar-refractivity contribution >= 4 is 28.5 Å². The van der Waals surface area contributed by atoms with Gasteiger partial charge in [-0.25, -0.2) is 5.84 Å². The summed E-state index contributed by atoms with van der Waals surface area (Å²) in [4.78, 5) is 10.9. The molecule has 0 aromatic rings. The molecule has 3 nitrogen and oxygen atoms in total. The third-order valence-corrected chi connectivity index (χ3v) is 2.71. The van der Waals surface area contributed by atoms with E-state index >= 15 is 0 Å². The average molecular weight is 256 g/mol. The Balaban J connectivity index is 3.81. The van der Waals surface area contributed by atoms with Crippen LogP contribution in [0.3, 0.4) is 0 Å². The Hall–Kier alpha value is 0.160. The zero-order chi connectivity index (χ0) is 8.15. The Morgan fingerprint density at radius 2 is 2.20 bits per heavy atom. The average Bonchev–Trinajstić information content (AvgIpc) is 2.00. The van der Waals surface area contributed by atoms with E-state index in [9.17, 15) is 4.79 Å². The number of hydrogen-bond acceptors (Lipinski definition) is 2. The van der Waals surface area contributed by atoms with E-state index in [0.29, 0.717) is 6.42 Å². The first-order valence-electron chi connectivity index (χ1n) is 3.34. The van der Waals surface area contributed by atoms with Crippen LogP contribution in [0.2, 0.25) is 0 Å². The van der Waals surface area contributed by atoms with Crippen molar-refractivity contribution in [2.75, 3.05) is 0 Å². The highest BCUT2D eigenvalue weighted by Gasteiger charge is 2.13. The van der Waals surface area contributed by atoms with Crippen molar-refractivity contribution in [3.8, 4) is 0 Å². The minimum absolute atomic E-state index is 0.00116. The van der Waals surface area contributed by atoms with E-state index in [1.807, 2.05) is 6.92 Å². The van der Waals surface area contributed by atoms with Crippen molar-refractivity contribution in [1.82, 2.24) is 5.01 Å². The van der Waals surface area contributed by atoms with Gasteiger partial charge in [0.05, 0.1) is 4.05 Å². The van der Waals surface area contributed by atoms with Crippen LogP contribution in [0, 0.1) is 0 Å². The third kappa shape index (κ3) is 2.83. The molecule has 0 heterocycles. The number of rotatable bonds is 3. The van der Waals surface area contributed by atoms with Gasteiger partial charge in [0, 0.05) is 6.42 Å². The van der Waals surface area contributed by atoms with Gasteiger partial charge in [-0.2, -0.15) is 0 Å². The van der Waals surface area contributed by atoms with Gasteiger partial charge in [0.2, 0.25) is 5.91 Å². The molecule has 0 radical (unpaired) electrons. The first kappa shape index (κ1) is 10.2. The molecule has 0 rings (SSSR count). The fourth-order valence-corrected chi connectivity index (χ4v) is 0.846. The Morgan fingerprint density at radius 1 is 1.70 bits per heavy atom. The maximum absolute atomic E-state index is 10.9. The van der Waals surface area contributed by atoms with E-state index in [0.717, 1.165) is 6.42 Å². The SMILES string of the molecule is CCC(=O)N(N)C(I)CC. The molecule has 1 atom stereocenters. The molecule has 0 aromatic heterocycles. The number of amides is 1. The fourth-order valence-electron chi connectivity index (χ4n) is 0.536. The lowest BCUT2D eigenvalue weighted by atomic mass is 10.4. The van der Waals surface area contributed by atoms with Gasteiger partial charge < -0.3 is 0 Å². The summed E-state index contributed by atoms with van der Waals surface area (Å²) >= 11 is 2.15. The smallest absolute Gasteiger partial charge is 0.237 e. The predicted molar refractivity (Wildman–Crippen MR) is 49.4 cm³/mol. The maximum atomic E-state index is 10.9. The lowest BCUT2D eigenvalue weighted by molar-refractivity contribution is -0.131. The monoisotopic (exact) mass is 256 g/mol. The molecule has 4 heteroatoms. The number of nitrogens with two attached hydrogens (primary N) is 1. The Morgan fingerprint density at radius 3 is 2.50 bits per heavy atom. The molecule has 1 unspecified atom stereocenters. The number of carbonyl (C=O) groups is 1. The number of hydrogen-bond donors (Lipinski definition) is 1. The zero-order valence-corrected chi connectivity index (χ0v) is 8.46. The van der Waals surface area contributed by atoms with E-state index in [1.54, 1.807) is 6.92 Å². The molecular weight excluding hydrogens is 243 g/mol. The van der Waals surface area contributed by atoms with Crippen LogP contribution in [0.15, 0.2) is 0 Å². The van der Waals surface area contributed by atoms with Crippen LogP contribution in [-0.4, -0.2) is 15.0 Å². The number of alkyl halides is 1. The molecule has 60 valence electrons. The van der Waals surface area contributed by atoms with Gasteiger partial charge in [0.25, 0.3) is 0 Å². The molecule has 0 aliphatic heterocycles. The van der Waals surface area contributed by atoms with E-state index in [4.69, 9.17) is 5.84 Å². The second kappa shape index (κ2) is 4.90. The molecule has 10 heavy (non-hydrogen) atoms. The summed E-state index contributed by atoms with van der Waals surface area (Å²) in [6.45, 7) is 3.81. The highest BCUT2D eigenvalue weighted by molar-refractivity contribution is 14.1. The molecule has 0 fully saturated rings. The zero-order valence-electron chi connectivity index (χ0n) is 6.30. The molecule has 0 aromatic carbocycles. The largest absolute Gasteiger partial charge is 0.273 e. The van der Waals surface area contributed by atoms with Crippen molar-refractivity contribution in [2.45, 2.75) is 30.7 Å². The first-order valence-corrected chi connectivity index (χ1v) is 4.58. The number of hydrazine groups is 1. The van der Waals surface area contributed by atoms with E-state index in [-0.39, 0.29) is 9.96 Å². The summed E-state index contributed by atoms with van der Waals surface area (Å²) in [5.74, 6) is 5.46. The second-order valence-corrected chi connectivity index (χ2v) is 3.44. The molecule has 0 bridgehead atoms. The highest BCUT2D eigenvalue weighted by atomic mass is 127. The minimum Gasteiger partial charge on any atom is -0.273 e. The number of halogens is 1. The topological polar surface area (TPSA) is 46.3 Å². The van der Waals surface area contributed by atoms with Crippen LogP contribution >= 0.6 is 22.6 Å². The second-order valence-electron chi connectivity index (χ2n) is 2.00. The summed E-state index contributed by atoms with van der Waals surface area (Å²) in [6, 6.07) is 0. The van der Waals surface area contributed by atoms with Gasteiger partial charge >= 0.3 is 0 Å². The van der Waals surface area contributed by atoms with Crippen molar-refractivity contribution in [2.24, 2.45) is 5.84 Å². The van der Waals surface area contributed by atoms with E-state index in [1.165, 1.54) is 5.01 Å². The van der Waals surface area contributed by atoms with Crippen molar-refractivity contribution in [3.63, 3.8) is 0 Å². The minimum atomic E-state index is 0.00116. The van der Waals surface area contributed by atoms with E-state index < -0.39 is 0 Å². The molecular formula is C6H13IN2O. The Kier molecular flexibility index (Phi) is 4.98. The van der Waals surface area contributed by atoms with Crippen LogP contribution in [0.4, 0.5) is 0 Å². The molecule has 0 saturated heterocycles. The summed E-state index contributed by atoms with van der Waals surface area (Å²) in [7, 11) is 0. The van der Waals surface area contributed by atoms with Crippen molar-refractivity contribution in [1.29, 1.82) is 0 Å². The third-order valence-electron chi connectivity index (χ3n) is 1.23. The van der Waals surface area contributed by atoms with Crippen LogP contribution in [-0.2, 0) is 4.79 Å². The molecule has 0 aliphatic carbocycles. The molecule has 0 saturated carbocycles. The van der Waals surface area contributed by atoms with Crippen molar-refractivity contribution in [3.05, 3.63) is 0 Å². The van der Waals surface area contributed by atoms with Gasteiger partial charge in [-0.05, 0) is 6.42 Å². The lowest BCUT2D eigenvalue weighted by Gasteiger charge is -2.20. The Labute approximate surface area is 75.1 Å². The number of carbonyl (C=O) groups excluding carboxylic acids is 1. The van der Waals surface area contributed by atoms with Crippen molar-refractivity contribution < 1.29 is 4.79 Å². The van der Waals surface area contributed by atoms with Crippen LogP contribution < -0.4 is 5.84 Å². The van der Waals surface area contributed by atoms with E-state index in [2.05, 4.69) is 22.6 Å². The molecule has 0 aliphatic rings. The molecule has 2 N–H and O–H groups in total. The fraction of sp³-hybridized carbons (Fsp3) is 0.833. The summed E-state index contributed by atoms with van der Waals surface area (Å²) in [5.41, 5.74) is 0. The summed E-state index contributed by atoms with van der Waals surface area (Å²) in [6.07, 6.45) is 1.37. The quantitative estimate of drug-likeness (QED) is 0.206.